The van der Waals surface area contributed by atoms with E-state index in [1.807, 2.05) is 13.8 Å². The Morgan fingerprint density at radius 2 is 0.966 bits per heavy atom. The molecule has 3 rings (SSSR count). The van der Waals surface area contributed by atoms with E-state index in [2.05, 4.69) is 118 Å². The molecule has 0 N–H and O–H groups in total. The van der Waals surface area contributed by atoms with E-state index in [9.17, 15) is 0 Å². The highest BCUT2D eigenvalue weighted by Gasteiger charge is 2.05. The molecule has 3 aromatic rings. The highest BCUT2D eigenvalue weighted by molar-refractivity contribution is 5.52. The van der Waals surface area contributed by atoms with Crippen molar-refractivity contribution in [2.45, 2.75) is 47.5 Å². The summed E-state index contributed by atoms with van der Waals surface area (Å²) in [5, 5.41) is 0. The number of hydrogen-bond acceptors (Lipinski definition) is 0. The van der Waals surface area contributed by atoms with Crippen LogP contribution in [0.15, 0.2) is 66.7 Å². The van der Waals surface area contributed by atoms with Gasteiger partial charge in [-0.25, -0.2) is 0 Å². The summed E-state index contributed by atoms with van der Waals surface area (Å²) in [7, 11) is 0. The van der Waals surface area contributed by atoms with Gasteiger partial charge in [0.2, 0.25) is 0 Å². The molecule has 0 unspecified atom stereocenters. The van der Waals surface area contributed by atoms with Gasteiger partial charge in [0, 0.05) is 22.3 Å². The summed E-state index contributed by atoms with van der Waals surface area (Å²) < 4.78 is 0. The minimum Gasteiger partial charge on any atom is -0.0683 e. The van der Waals surface area contributed by atoms with Crippen molar-refractivity contribution < 1.29 is 0 Å². The summed E-state index contributed by atoms with van der Waals surface area (Å²) in [5.41, 5.74) is 7.92. The van der Waals surface area contributed by atoms with E-state index in [-0.39, 0.29) is 0 Å². The SMILES string of the molecule is CC.Cc1ccc(C#Cc2ccc(C#Cc3ccc(C)cc3)c(C(C)C)c2)cc1. The molecule has 29 heavy (non-hydrogen) atoms. The van der Waals surface area contributed by atoms with Gasteiger partial charge in [0.25, 0.3) is 0 Å². The van der Waals surface area contributed by atoms with Gasteiger partial charge in [0.1, 0.15) is 0 Å². The van der Waals surface area contributed by atoms with E-state index in [1.165, 1.54) is 16.7 Å². The Balaban J connectivity index is 0.00000145. The molecule has 0 saturated heterocycles. The average molecular weight is 379 g/mol. The zero-order valence-electron chi connectivity index (χ0n) is 18.4. The first-order valence-corrected chi connectivity index (χ1v) is 10.3. The quantitative estimate of drug-likeness (QED) is 0.391. The van der Waals surface area contributed by atoms with E-state index in [4.69, 9.17) is 0 Å². The van der Waals surface area contributed by atoms with Gasteiger partial charge in [0.05, 0.1) is 0 Å². The lowest BCUT2D eigenvalue weighted by Crippen LogP contribution is -1.94. The largest absolute Gasteiger partial charge is 0.0683 e. The predicted molar refractivity (Wildman–Crippen MR) is 126 cm³/mol. The van der Waals surface area contributed by atoms with E-state index in [0.29, 0.717) is 5.92 Å². The molecule has 0 amide bonds. The molecule has 0 aliphatic carbocycles. The Bertz CT molecular complexity index is 1040. The van der Waals surface area contributed by atoms with E-state index < -0.39 is 0 Å². The second kappa shape index (κ2) is 10.9. The third kappa shape index (κ3) is 6.71. The standard InChI is InChI=1S/C27H24.C2H6/c1-20(2)27-19-25(14-13-23-9-5-21(3)6-10-23)16-18-26(27)17-15-24-11-7-22(4)8-12-24;1-2/h5-12,16,18-20H,1-4H3;1-2H3. The lowest BCUT2D eigenvalue weighted by atomic mass is 9.95. The van der Waals surface area contributed by atoms with Gasteiger partial charge >= 0.3 is 0 Å². The Kier molecular flexibility index (Phi) is 8.33. The maximum atomic E-state index is 3.34. The van der Waals surface area contributed by atoms with Crippen LogP contribution < -0.4 is 0 Å². The summed E-state index contributed by atoms with van der Waals surface area (Å²) in [5.74, 6) is 13.6. The Labute approximate surface area is 177 Å². The number of benzene rings is 3. The monoisotopic (exact) mass is 378 g/mol. The lowest BCUT2D eigenvalue weighted by Gasteiger charge is -2.09. The summed E-state index contributed by atoms with van der Waals surface area (Å²) in [4.78, 5) is 0. The lowest BCUT2D eigenvalue weighted by molar-refractivity contribution is 0.863. The van der Waals surface area contributed by atoms with Gasteiger partial charge in [-0.1, -0.05) is 86.8 Å². The predicted octanol–water partition coefficient (Wildman–Crippen LogP) is 7.25. The second-order valence-electron chi connectivity index (χ2n) is 7.19. The third-order valence-corrected chi connectivity index (χ3v) is 4.47. The fourth-order valence-electron chi connectivity index (χ4n) is 2.79. The van der Waals surface area contributed by atoms with Crippen LogP contribution in [0.1, 0.15) is 72.6 Å². The number of aryl methyl sites for hydroxylation is 2. The van der Waals surface area contributed by atoms with Gasteiger partial charge in [-0.15, -0.1) is 0 Å². The molecule has 0 heterocycles. The van der Waals surface area contributed by atoms with Crippen LogP contribution in [0, 0.1) is 37.5 Å². The molecule has 3 aromatic carbocycles. The Morgan fingerprint density at radius 3 is 1.45 bits per heavy atom. The molecular weight excluding hydrogens is 348 g/mol. The number of hydrogen-bond donors (Lipinski definition) is 0. The zero-order valence-corrected chi connectivity index (χ0v) is 18.4. The molecule has 0 aromatic heterocycles. The average Bonchev–Trinajstić information content (AvgIpc) is 2.74. The molecule has 0 fully saturated rings. The van der Waals surface area contributed by atoms with Crippen LogP contribution in [-0.4, -0.2) is 0 Å². The van der Waals surface area contributed by atoms with Gasteiger partial charge in [-0.3, -0.25) is 0 Å². The van der Waals surface area contributed by atoms with Crippen LogP contribution in [-0.2, 0) is 0 Å². The van der Waals surface area contributed by atoms with Gasteiger partial charge < -0.3 is 0 Å². The smallest absolute Gasteiger partial charge is 0.0284 e. The molecular formula is C29H30. The van der Waals surface area contributed by atoms with Crippen molar-refractivity contribution >= 4 is 0 Å². The molecule has 0 radical (unpaired) electrons. The molecule has 0 aliphatic rings. The first kappa shape index (κ1) is 22.1. The fourth-order valence-corrected chi connectivity index (χ4v) is 2.79. The van der Waals surface area contributed by atoms with Crippen molar-refractivity contribution in [3.63, 3.8) is 0 Å². The highest BCUT2D eigenvalue weighted by atomic mass is 14.1. The normalized spacial score (nSPS) is 9.48. The van der Waals surface area contributed by atoms with Gasteiger partial charge in [-0.05, 0) is 67.8 Å². The first-order valence-electron chi connectivity index (χ1n) is 10.3. The summed E-state index contributed by atoms with van der Waals surface area (Å²) in [6.07, 6.45) is 0. The van der Waals surface area contributed by atoms with Crippen molar-refractivity contribution in [3.05, 3.63) is 106 Å². The summed E-state index contributed by atoms with van der Waals surface area (Å²) in [6.45, 7) is 12.6. The van der Waals surface area contributed by atoms with Crippen LogP contribution >= 0.6 is 0 Å². The third-order valence-electron chi connectivity index (χ3n) is 4.47. The minimum absolute atomic E-state index is 0.397. The molecule has 0 bridgehead atoms. The molecule has 0 spiro atoms. The van der Waals surface area contributed by atoms with Crippen molar-refractivity contribution in [2.75, 3.05) is 0 Å². The molecule has 0 aliphatic heterocycles. The van der Waals surface area contributed by atoms with Crippen molar-refractivity contribution in [2.24, 2.45) is 0 Å². The van der Waals surface area contributed by atoms with Crippen LogP contribution in [0.3, 0.4) is 0 Å². The topological polar surface area (TPSA) is 0 Å². The highest BCUT2D eigenvalue weighted by Crippen LogP contribution is 2.20. The van der Waals surface area contributed by atoms with Crippen LogP contribution in [0.4, 0.5) is 0 Å². The maximum absolute atomic E-state index is 3.34. The van der Waals surface area contributed by atoms with Crippen molar-refractivity contribution in [1.29, 1.82) is 0 Å². The molecule has 0 nitrogen and oxygen atoms in total. The summed E-state index contributed by atoms with van der Waals surface area (Å²) >= 11 is 0. The van der Waals surface area contributed by atoms with E-state index in [1.54, 1.807) is 0 Å². The van der Waals surface area contributed by atoms with Gasteiger partial charge in [-0.2, -0.15) is 0 Å². The van der Waals surface area contributed by atoms with E-state index >= 15 is 0 Å². The van der Waals surface area contributed by atoms with Crippen LogP contribution in [0.5, 0.6) is 0 Å². The molecule has 0 heteroatoms. The molecule has 0 atom stereocenters. The number of rotatable bonds is 1. The Morgan fingerprint density at radius 1 is 0.552 bits per heavy atom. The maximum Gasteiger partial charge on any atom is 0.0284 e. The molecule has 146 valence electrons. The Hall–Kier alpha value is -3.22. The van der Waals surface area contributed by atoms with Crippen LogP contribution in [0.2, 0.25) is 0 Å². The zero-order chi connectivity index (χ0) is 21.2. The molecule has 0 saturated carbocycles. The van der Waals surface area contributed by atoms with Crippen LogP contribution in [0.25, 0.3) is 0 Å². The van der Waals surface area contributed by atoms with Gasteiger partial charge in [0.15, 0.2) is 0 Å². The second-order valence-corrected chi connectivity index (χ2v) is 7.19. The summed E-state index contributed by atoms with van der Waals surface area (Å²) in [6, 6.07) is 23.0. The van der Waals surface area contributed by atoms with Crippen molar-refractivity contribution in [1.82, 2.24) is 0 Å². The minimum atomic E-state index is 0.397. The van der Waals surface area contributed by atoms with E-state index in [0.717, 1.165) is 22.3 Å². The van der Waals surface area contributed by atoms with Crippen molar-refractivity contribution in [3.8, 4) is 23.7 Å². The fraction of sp³-hybridized carbons (Fsp3) is 0.241. The first-order chi connectivity index (χ1) is 14.0.